The molecule has 0 saturated carbocycles. The number of nitrogens with zero attached hydrogens (tertiary/aromatic N) is 4. The molecule has 1 aromatic heterocycles. The Balaban J connectivity index is 1.62. The van der Waals surface area contributed by atoms with Gasteiger partial charge < -0.3 is 14.5 Å². The molecule has 1 amide bonds. The maximum atomic E-state index is 12.7. The third-order valence-corrected chi connectivity index (χ3v) is 4.34. The van der Waals surface area contributed by atoms with Gasteiger partial charge in [-0.3, -0.25) is 4.79 Å². The summed E-state index contributed by atoms with van der Waals surface area (Å²) >= 11 is 0. The van der Waals surface area contributed by atoms with E-state index in [9.17, 15) is 4.79 Å². The summed E-state index contributed by atoms with van der Waals surface area (Å²) in [5.41, 5.74) is 1.87. The largest absolute Gasteiger partial charge is 0.471 e. The predicted molar refractivity (Wildman–Crippen MR) is 97.1 cm³/mol. The molecule has 0 radical (unpaired) electrons. The van der Waals surface area contributed by atoms with Gasteiger partial charge in [-0.15, -0.1) is 10.2 Å². The summed E-state index contributed by atoms with van der Waals surface area (Å²) in [7, 11) is 3.83. The van der Waals surface area contributed by atoms with Crippen LogP contribution in [0.2, 0.25) is 0 Å². The fourth-order valence-electron chi connectivity index (χ4n) is 2.88. The number of anilines is 1. The van der Waals surface area contributed by atoms with Crippen molar-refractivity contribution in [1.82, 2.24) is 15.1 Å². The third kappa shape index (κ3) is 4.26. The van der Waals surface area contributed by atoms with Gasteiger partial charge in [-0.2, -0.15) is 0 Å². The lowest BCUT2D eigenvalue weighted by Crippen LogP contribution is -2.44. The van der Waals surface area contributed by atoms with E-state index in [-0.39, 0.29) is 12.0 Å². The summed E-state index contributed by atoms with van der Waals surface area (Å²) in [5.74, 6) is 1.34. The normalized spacial score (nSPS) is 17.2. The molecular weight excluding hydrogens is 316 g/mol. The average Bonchev–Trinajstić information content (AvgIpc) is 2.62. The van der Waals surface area contributed by atoms with E-state index in [1.54, 1.807) is 0 Å². The summed E-state index contributed by atoms with van der Waals surface area (Å²) in [4.78, 5) is 16.4. The Labute approximate surface area is 148 Å². The molecule has 0 bridgehead atoms. The van der Waals surface area contributed by atoms with Crippen molar-refractivity contribution in [3.63, 3.8) is 0 Å². The van der Waals surface area contributed by atoms with Crippen molar-refractivity contribution in [1.29, 1.82) is 0 Å². The summed E-state index contributed by atoms with van der Waals surface area (Å²) in [6.07, 6.45) is 1.78. The van der Waals surface area contributed by atoms with Gasteiger partial charge in [0.2, 0.25) is 5.88 Å². The predicted octanol–water partition coefficient (Wildman–Crippen LogP) is 2.53. The Morgan fingerprint density at radius 2 is 1.92 bits per heavy atom. The lowest BCUT2D eigenvalue weighted by molar-refractivity contribution is 0.0525. The van der Waals surface area contributed by atoms with Crippen molar-refractivity contribution in [3.05, 3.63) is 47.5 Å². The summed E-state index contributed by atoms with van der Waals surface area (Å²) in [5, 5.41) is 8.24. The molecule has 0 aliphatic carbocycles. The van der Waals surface area contributed by atoms with Crippen LogP contribution in [0.5, 0.6) is 5.88 Å². The van der Waals surface area contributed by atoms with Gasteiger partial charge in [0.05, 0.1) is 6.54 Å². The molecular formula is C19H24N4O2. The third-order valence-electron chi connectivity index (χ3n) is 4.34. The number of hydrogen-bond acceptors (Lipinski definition) is 5. The van der Waals surface area contributed by atoms with Crippen LogP contribution in [0.4, 0.5) is 5.82 Å². The number of benzene rings is 1. The van der Waals surface area contributed by atoms with E-state index in [2.05, 4.69) is 10.2 Å². The molecule has 1 aromatic carbocycles. The van der Waals surface area contributed by atoms with E-state index in [0.717, 1.165) is 36.3 Å². The molecule has 1 unspecified atom stereocenters. The average molecular weight is 340 g/mol. The van der Waals surface area contributed by atoms with Crippen LogP contribution < -0.4 is 9.64 Å². The fourth-order valence-corrected chi connectivity index (χ4v) is 2.88. The monoisotopic (exact) mass is 340 g/mol. The second-order valence-corrected chi connectivity index (χ2v) is 6.62. The Morgan fingerprint density at radius 1 is 1.16 bits per heavy atom. The molecule has 25 heavy (non-hydrogen) atoms. The number of amides is 1. The van der Waals surface area contributed by atoms with E-state index in [0.29, 0.717) is 12.4 Å². The summed E-state index contributed by atoms with van der Waals surface area (Å²) in [6.45, 7) is 3.35. The first kappa shape index (κ1) is 17.2. The number of rotatable bonds is 4. The molecule has 1 fully saturated rings. The van der Waals surface area contributed by atoms with Crippen LogP contribution >= 0.6 is 0 Å². The lowest BCUT2D eigenvalue weighted by atomic mass is 10.1. The van der Waals surface area contributed by atoms with Crippen molar-refractivity contribution in [2.75, 3.05) is 32.1 Å². The van der Waals surface area contributed by atoms with Gasteiger partial charge in [0.25, 0.3) is 5.91 Å². The molecule has 132 valence electrons. The zero-order valence-electron chi connectivity index (χ0n) is 15.0. The van der Waals surface area contributed by atoms with E-state index in [4.69, 9.17) is 4.74 Å². The zero-order chi connectivity index (χ0) is 17.8. The maximum absolute atomic E-state index is 12.7. The highest BCUT2D eigenvalue weighted by atomic mass is 16.5. The first-order chi connectivity index (χ1) is 12.0. The van der Waals surface area contributed by atoms with Crippen LogP contribution in [-0.4, -0.2) is 54.3 Å². The van der Waals surface area contributed by atoms with E-state index >= 15 is 0 Å². The lowest BCUT2D eigenvalue weighted by Gasteiger charge is -2.32. The van der Waals surface area contributed by atoms with Crippen LogP contribution in [0.15, 0.2) is 36.4 Å². The molecule has 3 rings (SSSR count). The number of aromatic nitrogens is 2. The molecule has 1 aliphatic rings. The molecule has 1 aliphatic heterocycles. The quantitative estimate of drug-likeness (QED) is 0.856. The van der Waals surface area contributed by atoms with Gasteiger partial charge in [0.1, 0.15) is 6.10 Å². The minimum absolute atomic E-state index is 0.0531. The first-order valence-corrected chi connectivity index (χ1v) is 8.56. The number of hydrogen-bond donors (Lipinski definition) is 0. The highest BCUT2D eigenvalue weighted by molar-refractivity contribution is 5.94. The Bertz CT molecular complexity index is 713. The second kappa shape index (κ2) is 7.51. The van der Waals surface area contributed by atoms with E-state index in [1.165, 1.54) is 0 Å². The number of aryl methyl sites for hydroxylation is 1. The van der Waals surface area contributed by atoms with Gasteiger partial charge in [0.15, 0.2) is 5.82 Å². The second-order valence-electron chi connectivity index (χ2n) is 6.62. The Morgan fingerprint density at radius 3 is 2.56 bits per heavy atom. The van der Waals surface area contributed by atoms with Crippen LogP contribution in [-0.2, 0) is 0 Å². The van der Waals surface area contributed by atoms with Crippen LogP contribution in [0.3, 0.4) is 0 Å². The van der Waals surface area contributed by atoms with E-state index in [1.807, 2.05) is 67.2 Å². The van der Waals surface area contributed by atoms with Crippen molar-refractivity contribution >= 4 is 11.7 Å². The number of carbonyl (C=O) groups excluding carboxylic acids is 1. The minimum Gasteiger partial charge on any atom is -0.471 e. The maximum Gasteiger partial charge on any atom is 0.253 e. The summed E-state index contributed by atoms with van der Waals surface area (Å²) < 4.78 is 5.94. The number of carbonyl (C=O) groups is 1. The smallest absolute Gasteiger partial charge is 0.253 e. The standard InChI is InChI=1S/C19H24N4O2/c1-14-6-8-15(9-7-14)19(24)23-12-4-5-16(13-23)25-18-11-10-17(20-21-18)22(2)3/h6-11,16H,4-5,12-13H2,1-3H3. The first-order valence-electron chi connectivity index (χ1n) is 8.56. The van der Waals surface area contributed by atoms with Crippen LogP contribution in [0, 0.1) is 6.92 Å². The Hall–Kier alpha value is -2.63. The van der Waals surface area contributed by atoms with Gasteiger partial charge in [0, 0.05) is 32.3 Å². The van der Waals surface area contributed by atoms with Crippen LogP contribution in [0.1, 0.15) is 28.8 Å². The van der Waals surface area contributed by atoms with E-state index < -0.39 is 0 Å². The molecule has 6 nitrogen and oxygen atoms in total. The van der Waals surface area contributed by atoms with Crippen molar-refractivity contribution in [2.45, 2.75) is 25.9 Å². The zero-order valence-corrected chi connectivity index (χ0v) is 15.0. The van der Waals surface area contributed by atoms with Gasteiger partial charge in [-0.05, 0) is 38.0 Å². The van der Waals surface area contributed by atoms with Crippen molar-refractivity contribution < 1.29 is 9.53 Å². The number of likely N-dealkylation sites (tertiary alicyclic amines) is 1. The number of piperidine rings is 1. The molecule has 1 atom stereocenters. The van der Waals surface area contributed by atoms with Crippen LogP contribution in [0.25, 0.3) is 0 Å². The topological polar surface area (TPSA) is 58.6 Å². The SMILES string of the molecule is Cc1ccc(C(=O)N2CCCC(Oc3ccc(N(C)C)nn3)C2)cc1. The molecule has 0 N–H and O–H groups in total. The summed E-state index contributed by atoms with van der Waals surface area (Å²) in [6, 6.07) is 11.4. The van der Waals surface area contributed by atoms with Crippen molar-refractivity contribution in [2.24, 2.45) is 0 Å². The molecule has 0 spiro atoms. The molecule has 2 aromatic rings. The molecule has 1 saturated heterocycles. The fraction of sp³-hybridized carbons (Fsp3) is 0.421. The van der Waals surface area contributed by atoms with Gasteiger partial charge in [-0.25, -0.2) is 0 Å². The highest BCUT2D eigenvalue weighted by Gasteiger charge is 2.26. The van der Waals surface area contributed by atoms with Gasteiger partial charge >= 0.3 is 0 Å². The minimum atomic E-state index is -0.0531. The van der Waals surface area contributed by atoms with Gasteiger partial charge in [-0.1, -0.05) is 17.7 Å². The molecule has 2 heterocycles. The molecule has 6 heteroatoms. The Kier molecular flexibility index (Phi) is 5.16. The highest BCUT2D eigenvalue weighted by Crippen LogP contribution is 2.19. The number of ether oxygens (including phenoxy) is 1. The van der Waals surface area contributed by atoms with Crippen molar-refractivity contribution in [3.8, 4) is 5.88 Å².